The summed E-state index contributed by atoms with van der Waals surface area (Å²) in [5, 5.41) is 0. The van der Waals surface area contributed by atoms with Gasteiger partial charge in [-0.25, -0.2) is 17.2 Å². The van der Waals surface area contributed by atoms with Gasteiger partial charge in [0.1, 0.15) is 10.7 Å². The first-order chi connectivity index (χ1) is 9.27. The molecule has 0 aromatic heterocycles. The van der Waals surface area contributed by atoms with Crippen molar-refractivity contribution in [1.29, 1.82) is 0 Å². The molecule has 7 heteroatoms. The van der Waals surface area contributed by atoms with Gasteiger partial charge in [-0.05, 0) is 32.4 Å². The second kappa shape index (κ2) is 6.83. The molecule has 0 aliphatic rings. The van der Waals surface area contributed by atoms with Gasteiger partial charge in [-0.2, -0.15) is 4.31 Å². The summed E-state index contributed by atoms with van der Waals surface area (Å²) in [6.07, 6.45) is 0.600. The van der Waals surface area contributed by atoms with Gasteiger partial charge in [-0.15, -0.1) is 11.6 Å². The van der Waals surface area contributed by atoms with Crippen LogP contribution in [0.1, 0.15) is 32.8 Å². The van der Waals surface area contributed by atoms with Crippen molar-refractivity contribution in [3.63, 3.8) is 0 Å². The Morgan fingerprint density at radius 1 is 1.30 bits per heavy atom. The standard InChI is InChI=1S/C13H18ClF2NO2S/c1-4-7-17(9(2)3)20(18,19)12-6-5-11(15)10(8-14)13(12)16/h5-6,9H,4,7-8H2,1-3H3. The first-order valence-electron chi connectivity index (χ1n) is 6.32. The molecule has 0 heterocycles. The molecular weight excluding hydrogens is 308 g/mol. The number of alkyl halides is 1. The average Bonchev–Trinajstić information content (AvgIpc) is 2.35. The highest BCUT2D eigenvalue weighted by molar-refractivity contribution is 7.89. The number of hydrogen-bond donors (Lipinski definition) is 0. The Kier molecular flexibility index (Phi) is 5.91. The van der Waals surface area contributed by atoms with E-state index in [0.717, 1.165) is 12.1 Å². The predicted molar refractivity (Wildman–Crippen MR) is 75.2 cm³/mol. The van der Waals surface area contributed by atoms with Crippen LogP contribution in [0.15, 0.2) is 17.0 Å². The summed E-state index contributed by atoms with van der Waals surface area (Å²) in [7, 11) is -4.01. The van der Waals surface area contributed by atoms with Gasteiger partial charge in [0, 0.05) is 18.2 Å². The van der Waals surface area contributed by atoms with Gasteiger partial charge >= 0.3 is 0 Å². The predicted octanol–water partition coefficient (Wildman–Crippen LogP) is 3.51. The van der Waals surface area contributed by atoms with E-state index >= 15 is 0 Å². The lowest BCUT2D eigenvalue weighted by molar-refractivity contribution is 0.351. The second-order valence-corrected chi connectivity index (χ2v) is 6.81. The number of benzene rings is 1. The molecular formula is C13H18ClF2NO2S. The molecule has 0 amide bonds. The van der Waals surface area contributed by atoms with Crippen LogP contribution >= 0.6 is 11.6 Å². The van der Waals surface area contributed by atoms with Gasteiger partial charge in [-0.3, -0.25) is 0 Å². The molecule has 0 spiro atoms. The van der Waals surface area contributed by atoms with Crippen LogP contribution < -0.4 is 0 Å². The smallest absolute Gasteiger partial charge is 0.207 e. The number of hydrogen-bond acceptors (Lipinski definition) is 2. The van der Waals surface area contributed by atoms with Crippen molar-refractivity contribution in [3.8, 4) is 0 Å². The highest BCUT2D eigenvalue weighted by Crippen LogP contribution is 2.26. The molecule has 0 aliphatic carbocycles. The number of halogens is 3. The fourth-order valence-corrected chi connectivity index (χ4v) is 3.97. The number of rotatable bonds is 6. The first-order valence-corrected chi connectivity index (χ1v) is 8.29. The van der Waals surface area contributed by atoms with Gasteiger partial charge in [0.15, 0.2) is 5.82 Å². The SMILES string of the molecule is CCCN(C(C)C)S(=O)(=O)c1ccc(F)c(CCl)c1F. The topological polar surface area (TPSA) is 37.4 Å². The molecule has 1 rings (SSSR count). The Labute approximate surface area is 123 Å². The Hall–Kier alpha value is -0.720. The van der Waals surface area contributed by atoms with E-state index in [2.05, 4.69) is 0 Å². The van der Waals surface area contributed by atoms with E-state index in [1.165, 1.54) is 4.31 Å². The number of sulfonamides is 1. The zero-order valence-electron chi connectivity index (χ0n) is 11.7. The van der Waals surface area contributed by atoms with Crippen LogP contribution in [0.5, 0.6) is 0 Å². The van der Waals surface area contributed by atoms with Crippen LogP contribution in [0, 0.1) is 11.6 Å². The summed E-state index contributed by atoms with van der Waals surface area (Å²) in [5.41, 5.74) is -0.423. The van der Waals surface area contributed by atoms with Crippen molar-refractivity contribution >= 4 is 21.6 Å². The molecule has 0 fully saturated rings. The van der Waals surface area contributed by atoms with E-state index in [4.69, 9.17) is 11.6 Å². The molecule has 0 unspecified atom stereocenters. The molecule has 0 bridgehead atoms. The fraction of sp³-hybridized carbons (Fsp3) is 0.538. The zero-order valence-corrected chi connectivity index (χ0v) is 13.2. The zero-order chi connectivity index (χ0) is 15.5. The van der Waals surface area contributed by atoms with Gasteiger partial charge < -0.3 is 0 Å². The number of nitrogens with zero attached hydrogens (tertiary/aromatic N) is 1. The van der Waals surface area contributed by atoms with Crippen LogP contribution in [-0.4, -0.2) is 25.3 Å². The van der Waals surface area contributed by atoms with Crippen LogP contribution in [-0.2, 0) is 15.9 Å². The summed E-state index contributed by atoms with van der Waals surface area (Å²) < 4.78 is 53.7. The fourth-order valence-electron chi connectivity index (χ4n) is 1.90. The van der Waals surface area contributed by atoms with Gasteiger partial charge in [0.25, 0.3) is 0 Å². The Balaban J connectivity index is 3.42. The Morgan fingerprint density at radius 2 is 1.90 bits per heavy atom. The second-order valence-electron chi connectivity index (χ2n) is 4.68. The summed E-state index contributed by atoms with van der Waals surface area (Å²) in [6.45, 7) is 5.51. The molecule has 0 N–H and O–H groups in total. The van der Waals surface area contributed by atoms with Gasteiger partial charge in [0.05, 0.1) is 5.88 Å². The molecule has 0 atom stereocenters. The highest BCUT2D eigenvalue weighted by Gasteiger charge is 2.30. The molecule has 20 heavy (non-hydrogen) atoms. The molecule has 0 saturated heterocycles. The maximum absolute atomic E-state index is 14.2. The normalized spacial score (nSPS) is 12.4. The summed E-state index contributed by atoms with van der Waals surface area (Å²) >= 11 is 5.47. The third-order valence-electron chi connectivity index (χ3n) is 2.89. The quantitative estimate of drug-likeness (QED) is 0.751. The van der Waals surface area contributed by atoms with Crippen LogP contribution in [0.25, 0.3) is 0 Å². The summed E-state index contributed by atoms with van der Waals surface area (Å²) in [6, 6.07) is 1.56. The van der Waals surface area contributed by atoms with Gasteiger partial charge in [0.2, 0.25) is 10.0 Å². The molecule has 3 nitrogen and oxygen atoms in total. The largest absolute Gasteiger partial charge is 0.246 e. The molecule has 0 saturated carbocycles. The van der Waals surface area contributed by atoms with Crippen molar-refractivity contribution in [2.45, 2.75) is 44.0 Å². The minimum Gasteiger partial charge on any atom is -0.207 e. The van der Waals surface area contributed by atoms with Crippen molar-refractivity contribution < 1.29 is 17.2 Å². The minimum atomic E-state index is -4.01. The molecule has 0 aliphatic heterocycles. The molecule has 114 valence electrons. The van der Waals surface area contributed by atoms with Gasteiger partial charge in [-0.1, -0.05) is 6.92 Å². The highest BCUT2D eigenvalue weighted by atomic mass is 35.5. The molecule has 0 radical (unpaired) electrons. The third-order valence-corrected chi connectivity index (χ3v) is 5.25. The maximum Gasteiger partial charge on any atom is 0.246 e. The van der Waals surface area contributed by atoms with E-state index in [1.807, 2.05) is 6.92 Å². The van der Waals surface area contributed by atoms with Crippen molar-refractivity contribution in [1.82, 2.24) is 4.31 Å². The first kappa shape index (κ1) is 17.3. The van der Waals surface area contributed by atoms with E-state index in [9.17, 15) is 17.2 Å². The van der Waals surface area contributed by atoms with Crippen LogP contribution in [0.3, 0.4) is 0 Å². The average molecular weight is 326 g/mol. The van der Waals surface area contributed by atoms with E-state index in [0.29, 0.717) is 6.42 Å². The molecule has 1 aromatic carbocycles. The lowest BCUT2D eigenvalue weighted by Crippen LogP contribution is -2.38. The summed E-state index contributed by atoms with van der Waals surface area (Å²) in [5.74, 6) is -2.37. The minimum absolute atomic E-state index is 0.271. The molecule has 1 aromatic rings. The Morgan fingerprint density at radius 3 is 2.35 bits per heavy atom. The van der Waals surface area contributed by atoms with Crippen molar-refractivity contribution in [2.24, 2.45) is 0 Å². The van der Waals surface area contributed by atoms with Crippen LogP contribution in [0.4, 0.5) is 8.78 Å². The monoisotopic (exact) mass is 325 g/mol. The van der Waals surface area contributed by atoms with Crippen molar-refractivity contribution in [3.05, 3.63) is 29.3 Å². The Bertz CT molecular complexity index is 576. The maximum atomic E-state index is 14.2. The lowest BCUT2D eigenvalue weighted by Gasteiger charge is -2.25. The van der Waals surface area contributed by atoms with Crippen molar-refractivity contribution in [2.75, 3.05) is 6.54 Å². The summed E-state index contributed by atoms with van der Waals surface area (Å²) in [4.78, 5) is -0.531. The van der Waals surface area contributed by atoms with E-state index < -0.39 is 38.0 Å². The van der Waals surface area contributed by atoms with E-state index in [-0.39, 0.29) is 12.6 Å². The van der Waals surface area contributed by atoms with E-state index in [1.54, 1.807) is 13.8 Å². The third kappa shape index (κ3) is 3.30. The lowest BCUT2D eigenvalue weighted by atomic mass is 10.2. The van der Waals surface area contributed by atoms with Crippen LogP contribution in [0.2, 0.25) is 0 Å².